The molecular formula is C5H11GaO4. The standard InChI is InChI=1S/C5H8O4.Ga.3H/c6-4(7)2-1-3-5(8)9;;;;/h1-3H2,(H,6,7)(H,8,9);;;;. The van der Waals surface area contributed by atoms with E-state index >= 15 is 0 Å². The summed E-state index contributed by atoms with van der Waals surface area (Å²) < 4.78 is 0. The maximum absolute atomic E-state index is 9.79. The summed E-state index contributed by atoms with van der Waals surface area (Å²) in [7, 11) is 0. The van der Waals surface area contributed by atoms with Crippen LogP contribution in [0.15, 0.2) is 0 Å². The van der Waals surface area contributed by atoms with Crippen molar-refractivity contribution in [2.24, 2.45) is 0 Å². The van der Waals surface area contributed by atoms with Gasteiger partial charge in [0.25, 0.3) is 0 Å². The molecule has 0 rings (SSSR count). The monoisotopic (exact) mass is 204 g/mol. The Morgan fingerprint density at radius 1 is 1.00 bits per heavy atom. The van der Waals surface area contributed by atoms with E-state index in [2.05, 4.69) is 0 Å². The topological polar surface area (TPSA) is 74.6 Å². The molecule has 0 amide bonds. The molecule has 0 aromatic rings. The first-order chi connectivity index (χ1) is 4.13. The molecule has 0 fully saturated rings. The van der Waals surface area contributed by atoms with Gasteiger partial charge in [0.2, 0.25) is 0 Å². The van der Waals surface area contributed by atoms with Crippen LogP contribution in [0.4, 0.5) is 0 Å². The third-order valence-electron chi connectivity index (χ3n) is 0.781. The molecule has 0 aromatic heterocycles. The first-order valence-corrected chi connectivity index (χ1v) is 2.56. The van der Waals surface area contributed by atoms with Gasteiger partial charge < -0.3 is 10.2 Å². The number of carbonyl (C=O) groups is 2. The van der Waals surface area contributed by atoms with Crippen LogP contribution in [-0.4, -0.2) is 41.9 Å². The van der Waals surface area contributed by atoms with Crippen LogP contribution in [0, 0.1) is 0 Å². The molecule has 0 aromatic carbocycles. The van der Waals surface area contributed by atoms with E-state index < -0.39 is 11.9 Å². The van der Waals surface area contributed by atoms with Crippen molar-refractivity contribution in [3.63, 3.8) is 0 Å². The Bertz CT molecular complexity index is 109. The minimum absolute atomic E-state index is 0. The van der Waals surface area contributed by atoms with Crippen molar-refractivity contribution < 1.29 is 19.8 Å². The Hall–Kier alpha value is -0.424. The Morgan fingerprint density at radius 3 is 1.50 bits per heavy atom. The van der Waals surface area contributed by atoms with Gasteiger partial charge in [-0.05, 0) is 6.42 Å². The zero-order valence-corrected chi connectivity index (χ0v) is 4.83. The number of aliphatic carboxylic acids is 2. The van der Waals surface area contributed by atoms with Crippen LogP contribution in [-0.2, 0) is 9.59 Å². The fourth-order valence-corrected chi connectivity index (χ4v) is 0.391. The summed E-state index contributed by atoms with van der Waals surface area (Å²) in [6.07, 6.45) is 0.0866. The molecule has 4 nitrogen and oxygen atoms in total. The molecule has 5 heteroatoms. The van der Waals surface area contributed by atoms with E-state index in [1.807, 2.05) is 0 Å². The first kappa shape index (κ1) is 12.3. The number of carboxylic acids is 2. The molecule has 0 aliphatic heterocycles. The molecule has 0 saturated heterocycles. The van der Waals surface area contributed by atoms with Crippen molar-refractivity contribution >= 4 is 31.7 Å². The van der Waals surface area contributed by atoms with Crippen molar-refractivity contribution in [3.8, 4) is 0 Å². The summed E-state index contributed by atoms with van der Waals surface area (Å²) in [5.74, 6) is -1.90. The molecule has 0 atom stereocenters. The summed E-state index contributed by atoms with van der Waals surface area (Å²) in [4.78, 5) is 19.6. The van der Waals surface area contributed by atoms with Gasteiger partial charge in [-0.2, -0.15) is 0 Å². The second-order valence-corrected chi connectivity index (χ2v) is 1.64. The Kier molecular flexibility index (Phi) is 8.21. The van der Waals surface area contributed by atoms with Crippen molar-refractivity contribution in [1.82, 2.24) is 0 Å². The maximum atomic E-state index is 9.79. The van der Waals surface area contributed by atoms with Gasteiger partial charge in [0.15, 0.2) is 0 Å². The van der Waals surface area contributed by atoms with Gasteiger partial charge in [-0.3, -0.25) is 9.59 Å². The molecule has 0 aliphatic rings. The number of hydrogen-bond acceptors (Lipinski definition) is 2. The molecule has 0 radical (unpaired) electrons. The molecular weight excluding hydrogens is 194 g/mol. The van der Waals surface area contributed by atoms with Crippen molar-refractivity contribution in [2.75, 3.05) is 0 Å². The third-order valence-corrected chi connectivity index (χ3v) is 0.781. The summed E-state index contributed by atoms with van der Waals surface area (Å²) >= 11 is 0. The van der Waals surface area contributed by atoms with Gasteiger partial charge in [-0.15, -0.1) is 0 Å². The van der Waals surface area contributed by atoms with E-state index in [9.17, 15) is 9.59 Å². The average molecular weight is 205 g/mol. The molecule has 58 valence electrons. The normalized spacial score (nSPS) is 8.00. The van der Waals surface area contributed by atoms with Crippen LogP contribution in [0.1, 0.15) is 19.3 Å². The van der Waals surface area contributed by atoms with E-state index in [0.717, 1.165) is 0 Å². The van der Waals surface area contributed by atoms with E-state index in [-0.39, 0.29) is 39.1 Å². The molecule has 0 unspecified atom stereocenters. The summed E-state index contributed by atoms with van der Waals surface area (Å²) in [6, 6.07) is 0. The van der Waals surface area contributed by atoms with Crippen LogP contribution < -0.4 is 0 Å². The second kappa shape index (κ2) is 6.69. The minimum atomic E-state index is -0.948. The van der Waals surface area contributed by atoms with E-state index in [1.54, 1.807) is 0 Å². The summed E-state index contributed by atoms with van der Waals surface area (Å²) in [5, 5.41) is 16.1. The number of carboxylic acid groups (broad SMARTS) is 2. The van der Waals surface area contributed by atoms with Crippen molar-refractivity contribution in [1.29, 1.82) is 0 Å². The van der Waals surface area contributed by atoms with Gasteiger partial charge in [-0.1, -0.05) is 0 Å². The van der Waals surface area contributed by atoms with E-state index in [0.29, 0.717) is 0 Å². The predicted molar refractivity (Wildman–Crippen MR) is 39.1 cm³/mol. The average Bonchev–Trinajstić information content (AvgIpc) is 1.63. The van der Waals surface area contributed by atoms with Gasteiger partial charge in [0.05, 0.1) is 0 Å². The summed E-state index contributed by atoms with van der Waals surface area (Å²) in [5.41, 5.74) is 0. The number of hydrogen-bond donors (Lipinski definition) is 2. The second-order valence-electron chi connectivity index (χ2n) is 1.64. The van der Waals surface area contributed by atoms with Crippen LogP contribution in [0.5, 0.6) is 0 Å². The summed E-state index contributed by atoms with van der Waals surface area (Å²) in [6.45, 7) is 0. The van der Waals surface area contributed by atoms with E-state index in [4.69, 9.17) is 10.2 Å². The number of rotatable bonds is 4. The van der Waals surface area contributed by atoms with Crippen LogP contribution in [0.2, 0.25) is 0 Å². The van der Waals surface area contributed by atoms with Crippen molar-refractivity contribution in [3.05, 3.63) is 0 Å². The first-order valence-electron chi connectivity index (χ1n) is 2.56. The Labute approximate surface area is 71.3 Å². The zero-order valence-electron chi connectivity index (χ0n) is 4.83. The molecule has 0 spiro atoms. The molecule has 0 bridgehead atoms. The molecule has 0 aliphatic carbocycles. The Morgan fingerprint density at radius 2 is 1.30 bits per heavy atom. The SMILES string of the molecule is O=C(O)CCCC(=O)O.[GaH3]. The molecule has 0 saturated carbocycles. The molecule has 10 heavy (non-hydrogen) atoms. The zero-order chi connectivity index (χ0) is 7.28. The Balaban J connectivity index is 0. The van der Waals surface area contributed by atoms with E-state index in [1.165, 1.54) is 0 Å². The predicted octanol–water partition coefficient (Wildman–Crippen LogP) is -0.858. The van der Waals surface area contributed by atoms with Crippen LogP contribution >= 0.6 is 0 Å². The molecule has 2 N–H and O–H groups in total. The molecule has 0 heterocycles. The quantitative estimate of drug-likeness (QED) is 0.585. The van der Waals surface area contributed by atoms with Crippen LogP contribution in [0.25, 0.3) is 0 Å². The van der Waals surface area contributed by atoms with Gasteiger partial charge in [0, 0.05) is 12.8 Å². The fourth-order valence-electron chi connectivity index (χ4n) is 0.391. The third kappa shape index (κ3) is 10.5. The van der Waals surface area contributed by atoms with Gasteiger partial charge in [0.1, 0.15) is 0 Å². The van der Waals surface area contributed by atoms with Crippen LogP contribution in [0.3, 0.4) is 0 Å². The fraction of sp³-hybridized carbons (Fsp3) is 0.600. The van der Waals surface area contributed by atoms with Gasteiger partial charge >= 0.3 is 31.7 Å². The van der Waals surface area contributed by atoms with Crippen molar-refractivity contribution in [2.45, 2.75) is 19.3 Å². The van der Waals surface area contributed by atoms with Gasteiger partial charge in [-0.25, -0.2) is 0 Å².